The van der Waals surface area contributed by atoms with E-state index < -0.39 is 5.97 Å². The van der Waals surface area contributed by atoms with E-state index in [1.807, 2.05) is 0 Å². The van der Waals surface area contributed by atoms with Gasteiger partial charge in [0.15, 0.2) is 0 Å². The Morgan fingerprint density at radius 1 is 1.26 bits per heavy atom. The monoisotopic (exact) mass is 317 g/mol. The summed E-state index contributed by atoms with van der Waals surface area (Å²) < 4.78 is 10.3. The number of ether oxygens (including phenoxy) is 1. The molecule has 0 saturated carbocycles. The Bertz CT molecular complexity index is 651. The van der Waals surface area contributed by atoms with Crippen molar-refractivity contribution in [2.24, 2.45) is 0 Å². The molecular weight excluding hydrogens is 298 g/mol. The normalized spacial score (nSPS) is 10.5. The van der Waals surface area contributed by atoms with Crippen LogP contribution < -0.4 is 0 Å². The maximum atomic E-state index is 12.5. The van der Waals surface area contributed by atoms with E-state index in [-0.39, 0.29) is 17.9 Å². The second-order valence-electron chi connectivity index (χ2n) is 5.07. The highest BCUT2D eigenvalue weighted by Crippen LogP contribution is 2.11. The number of carbonyl (C=O) groups is 2. The molecule has 23 heavy (non-hydrogen) atoms. The van der Waals surface area contributed by atoms with Gasteiger partial charge in [-0.25, -0.2) is 4.79 Å². The Balaban J connectivity index is 2.07. The molecule has 1 heterocycles. The number of benzene rings is 1. The zero-order valence-electron chi connectivity index (χ0n) is 12.9. The molecule has 0 saturated heterocycles. The number of hydrogen-bond acceptors (Lipinski definition) is 4. The number of furan rings is 1. The summed E-state index contributed by atoms with van der Waals surface area (Å²) in [6.45, 7) is 1.21. The van der Waals surface area contributed by atoms with Gasteiger partial charge in [-0.05, 0) is 29.8 Å². The highest BCUT2D eigenvalue weighted by atomic mass is 16.5. The first-order valence-electron chi connectivity index (χ1n) is 7.21. The van der Waals surface area contributed by atoms with E-state index in [4.69, 9.17) is 14.3 Å². The van der Waals surface area contributed by atoms with Gasteiger partial charge in [-0.2, -0.15) is 0 Å². The van der Waals surface area contributed by atoms with Crippen LogP contribution in [0.1, 0.15) is 21.7 Å². The minimum atomic E-state index is -1.01. The fraction of sp³-hybridized carbons (Fsp3) is 0.294. The first-order chi connectivity index (χ1) is 11.1. The first kappa shape index (κ1) is 16.8. The van der Waals surface area contributed by atoms with Crippen molar-refractivity contribution in [1.29, 1.82) is 0 Å². The van der Waals surface area contributed by atoms with Crippen LogP contribution in [0, 0.1) is 0 Å². The van der Waals surface area contributed by atoms with Crippen molar-refractivity contribution in [3.8, 4) is 0 Å². The fourth-order valence-corrected chi connectivity index (χ4v) is 2.18. The van der Waals surface area contributed by atoms with Gasteiger partial charge in [-0.3, -0.25) is 4.79 Å². The van der Waals surface area contributed by atoms with E-state index in [9.17, 15) is 9.59 Å². The number of rotatable bonds is 8. The number of carbonyl (C=O) groups excluding carboxylic acids is 1. The molecule has 2 aromatic rings. The van der Waals surface area contributed by atoms with Crippen LogP contribution >= 0.6 is 0 Å². The molecular formula is C17H19NO5. The molecule has 0 spiro atoms. The quantitative estimate of drug-likeness (QED) is 0.807. The Kier molecular flexibility index (Phi) is 5.94. The molecule has 122 valence electrons. The van der Waals surface area contributed by atoms with Gasteiger partial charge in [0.05, 0.1) is 31.4 Å². The van der Waals surface area contributed by atoms with Crippen molar-refractivity contribution in [3.05, 3.63) is 59.5 Å². The van der Waals surface area contributed by atoms with Crippen LogP contribution in [0.15, 0.2) is 47.1 Å². The Morgan fingerprint density at radius 3 is 2.74 bits per heavy atom. The van der Waals surface area contributed by atoms with Gasteiger partial charge in [-0.15, -0.1) is 0 Å². The number of aromatic carboxylic acids is 1. The minimum absolute atomic E-state index is 0.110. The van der Waals surface area contributed by atoms with Crippen LogP contribution in [0.5, 0.6) is 0 Å². The van der Waals surface area contributed by atoms with Gasteiger partial charge in [-0.1, -0.05) is 12.1 Å². The summed E-state index contributed by atoms with van der Waals surface area (Å²) in [5.74, 6) is -0.430. The van der Waals surface area contributed by atoms with Gasteiger partial charge >= 0.3 is 5.97 Å². The molecule has 0 unspecified atom stereocenters. The average molecular weight is 317 g/mol. The van der Waals surface area contributed by atoms with Gasteiger partial charge in [0.2, 0.25) is 5.91 Å². The van der Waals surface area contributed by atoms with Gasteiger partial charge in [0.25, 0.3) is 0 Å². The molecule has 1 aromatic heterocycles. The molecule has 0 fully saturated rings. The SMILES string of the molecule is COCCN(Cc1ccco1)C(=O)Cc1cccc(C(=O)O)c1. The lowest BCUT2D eigenvalue weighted by molar-refractivity contribution is -0.132. The molecule has 0 bridgehead atoms. The largest absolute Gasteiger partial charge is 0.478 e. The highest BCUT2D eigenvalue weighted by Gasteiger charge is 2.16. The van der Waals surface area contributed by atoms with Crippen LogP contribution in [0.4, 0.5) is 0 Å². The van der Waals surface area contributed by atoms with Crippen molar-refractivity contribution >= 4 is 11.9 Å². The molecule has 1 N–H and O–H groups in total. The van der Waals surface area contributed by atoms with Gasteiger partial charge in [0.1, 0.15) is 5.76 Å². The van der Waals surface area contributed by atoms with Gasteiger partial charge in [0, 0.05) is 13.7 Å². The van der Waals surface area contributed by atoms with Crippen LogP contribution in [-0.4, -0.2) is 42.1 Å². The second kappa shape index (κ2) is 8.14. The molecule has 0 aliphatic heterocycles. The van der Waals surface area contributed by atoms with E-state index in [1.54, 1.807) is 42.5 Å². The lowest BCUT2D eigenvalue weighted by Crippen LogP contribution is -2.34. The zero-order chi connectivity index (χ0) is 16.7. The number of amides is 1. The van der Waals surface area contributed by atoms with Crippen LogP contribution in [0.2, 0.25) is 0 Å². The minimum Gasteiger partial charge on any atom is -0.478 e. The van der Waals surface area contributed by atoms with Gasteiger partial charge < -0.3 is 19.2 Å². The Labute approximate surface area is 134 Å². The smallest absolute Gasteiger partial charge is 0.335 e. The lowest BCUT2D eigenvalue weighted by Gasteiger charge is -2.21. The molecule has 2 rings (SSSR count). The zero-order valence-corrected chi connectivity index (χ0v) is 12.9. The molecule has 0 aliphatic rings. The molecule has 1 aromatic carbocycles. The fourth-order valence-electron chi connectivity index (χ4n) is 2.18. The van der Waals surface area contributed by atoms with Crippen molar-refractivity contribution in [2.45, 2.75) is 13.0 Å². The molecule has 0 radical (unpaired) electrons. The van der Waals surface area contributed by atoms with E-state index in [1.165, 1.54) is 12.1 Å². The summed E-state index contributed by atoms with van der Waals surface area (Å²) >= 11 is 0. The molecule has 0 aliphatic carbocycles. The van der Waals surface area contributed by atoms with Crippen molar-refractivity contribution in [2.75, 3.05) is 20.3 Å². The topological polar surface area (TPSA) is 80.0 Å². The third-order valence-corrected chi connectivity index (χ3v) is 3.37. The second-order valence-corrected chi connectivity index (χ2v) is 5.07. The first-order valence-corrected chi connectivity index (χ1v) is 7.21. The summed E-state index contributed by atoms with van der Waals surface area (Å²) in [6.07, 6.45) is 1.69. The number of carboxylic acids is 1. The van der Waals surface area contributed by atoms with E-state index in [2.05, 4.69) is 0 Å². The van der Waals surface area contributed by atoms with Crippen LogP contribution in [0.25, 0.3) is 0 Å². The summed E-state index contributed by atoms with van der Waals surface area (Å²) in [4.78, 5) is 25.1. The maximum absolute atomic E-state index is 12.5. The number of carboxylic acid groups (broad SMARTS) is 1. The molecule has 0 atom stereocenters. The predicted octanol–water partition coefficient (Wildman–Crippen LogP) is 2.20. The van der Waals surface area contributed by atoms with E-state index in [0.717, 1.165) is 0 Å². The van der Waals surface area contributed by atoms with Crippen molar-refractivity contribution in [3.63, 3.8) is 0 Å². The third-order valence-electron chi connectivity index (χ3n) is 3.37. The highest BCUT2D eigenvalue weighted by molar-refractivity contribution is 5.88. The number of hydrogen-bond donors (Lipinski definition) is 1. The van der Waals surface area contributed by atoms with E-state index in [0.29, 0.717) is 31.0 Å². The van der Waals surface area contributed by atoms with E-state index >= 15 is 0 Å². The molecule has 1 amide bonds. The number of nitrogens with zero attached hydrogens (tertiary/aromatic N) is 1. The summed E-state index contributed by atoms with van der Waals surface area (Å²) in [7, 11) is 1.58. The lowest BCUT2D eigenvalue weighted by atomic mass is 10.1. The number of methoxy groups -OCH3 is 1. The molecule has 6 heteroatoms. The standard InChI is InChI=1S/C17H19NO5/c1-22-9-7-18(12-15-6-3-8-23-15)16(19)11-13-4-2-5-14(10-13)17(20)21/h2-6,8,10H,7,9,11-12H2,1H3,(H,20,21). The summed E-state index contributed by atoms with van der Waals surface area (Å²) in [6, 6.07) is 9.97. The summed E-state index contributed by atoms with van der Waals surface area (Å²) in [5, 5.41) is 9.02. The van der Waals surface area contributed by atoms with Crippen LogP contribution in [-0.2, 0) is 22.5 Å². The third kappa shape index (κ3) is 4.96. The molecule has 6 nitrogen and oxygen atoms in total. The maximum Gasteiger partial charge on any atom is 0.335 e. The Hall–Kier alpha value is -2.60. The van der Waals surface area contributed by atoms with Crippen LogP contribution in [0.3, 0.4) is 0 Å². The predicted molar refractivity (Wildman–Crippen MR) is 83.1 cm³/mol. The average Bonchev–Trinajstić information content (AvgIpc) is 3.04. The van der Waals surface area contributed by atoms with Crippen molar-refractivity contribution in [1.82, 2.24) is 4.90 Å². The summed E-state index contributed by atoms with van der Waals surface area (Å²) in [5.41, 5.74) is 0.835. The Morgan fingerprint density at radius 2 is 2.09 bits per heavy atom. The van der Waals surface area contributed by atoms with Crippen molar-refractivity contribution < 1.29 is 23.8 Å².